The topological polar surface area (TPSA) is 105 Å². The lowest BCUT2D eigenvalue weighted by Crippen LogP contribution is -2.37. The molecule has 0 saturated carbocycles. The van der Waals surface area contributed by atoms with Crippen LogP contribution in [-0.2, 0) is 11.2 Å². The SMILES string of the molecule is N[C@@H](Cc1ccc(F)c(F)c1)C(=O)Nc1nc(C(=O)O)cs1. The molecule has 2 rings (SSSR count). The highest BCUT2D eigenvalue weighted by molar-refractivity contribution is 7.14. The van der Waals surface area contributed by atoms with Crippen molar-refractivity contribution in [2.45, 2.75) is 12.5 Å². The van der Waals surface area contributed by atoms with Crippen molar-refractivity contribution in [3.8, 4) is 0 Å². The highest BCUT2D eigenvalue weighted by atomic mass is 32.1. The minimum Gasteiger partial charge on any atom is -0.476 e. The van der Waals surface area contributed by atoms with Gasteiger partial charge in [-0.2, -0.15) is 0 Å². The van der Waals surface area contributed by atoms with E-state index in [0.29, 0.717) is 5.56 Å². The van der Waals surface area contributed by atoms with Gasteiger partial charge in [0.1, 0.15) is 0 Å². The molecule has 6 nitrogen and oxygen atoms in total. The second-order valence-corrected chi connectivity index (χ2v) is 5.25. The molecule has 0 saturated heterocycles. The summed E-state index contributed by atoms with van der Waals surface area (Å²) < 4.78 is 25.9. The van der Waals surface area contributed by atoms with Gasteiger partial charge in [0.2, 0.25) is 5.91 Å². The van der Waals surface area contributed by atoms with Crippen LogP contribution in [0.15, 0.2) is 23.6 Å². The third-order valence-electron chi connectivity index (χ3n) is 2.73. The fraction of sp³-hybridized carbons (Fsp3) is 0.154. The maximum Gasteiger partial charge on any atom is 0.355 e. The Labute approximate surface area is 127 Å². The van der Waals surface area contributed by atoms with Gasteiger partial charge in [-0.3, -0.25) is 4.79 Å². The molecule has 4 N–H and O–H groups in total. The molecule has 0 bridgehead atoms. The van der Waals surface area contributed by atoms with Crippen LogP contribution in [0.25, 0.3) is 0 Å². The van der Waals surface area contributed by atoms with Crippen LogP contribution < -0.4 is 11.1 Å². The van der Waals surface area contributed by atoms with E-state index < -0.39 is 29.6 Å². The van der Waals surface area contributed by atoms with Crippen molar-refractivity contribution in [3.63, 3.8) is 0 Å². The molecule has 0 fully saturated rings. The number of amides is 1. The summed E-state index contributed by atoms with van der Waals surface area (Å²) in [5, 5.41) is 12.5. The number of hydrogen-bond donors (Lipinski definition) is 3. The summed E-state index contributed by atoms with van der Waals surface area (Å²) in [6.45, 7) is 0. The summed E-state index contributed by atoms with van der Waals surface area (Å²) in [5.74, 6) is -3.80. The van der Waals surface area contributed by atoms with E-state index in [4.69, 9.17) is 10.8 Å². The summed E-state index contributed by atoms with van der Waals surface area (Å²) in [4.78, 5) is 26.2. The van der Waals surface area contributed by atoms with Crippen molar-refractivity contribution in [2.75, 3.05) is 5.32 Å². The van der Waals surface area contributed by atoms with E-state index in [0.717, 1.165) is 23.5 Å². The molecular weight excluding hydrogens is 316 g/mol. The van der Waals surface area contributed by atoms with Crippen LogP contribution in [-0.4, -0.2) is 28.0 Å². The molecule has 0 aliphatic heterocycles. The number of carboxylic acids is 1. The second kappa shape index (κ2) is 6.58. The Morgan fingerprint density at radius 3 is 2.68 bits per heavy atom. The number of aromatic nitrogens is 1. The molecule has 2 aromatic rings. The monoisotopic (exact) mass is 327 g/mol. The van der Waals surface area contributed by atoms with Crippen molar-refractivity contribution >= 4 is 28.3 Å². The number of nitrogens with one attached hydrogen (secondary N) is 1. The summed E-state index contributed by atoms with van der Waals surface area (Å²) in [6.07, 6.45) is 0.000195. The molecule has 22 heavy (non-hydrogen) atoms. The minimum absolute atomic E-state index is 0.000195. The van der Waals surface area contributed by atoms with E-state index in [1.807, 2.05) is 0 Å². The molecule has 0 radical (unpaired) electrons. The summed E-state index contributed by atoms with van der Waals surface area (Å²) in [5.41, 5.74) is 5.87. The quantitative estimate of drug-likeness (QED) is 0.774. The van der Waals surface area contributed by atoms with Gasteiger partial charge in [0, 0.05) is 5.38 Å². The number of carboxylic acid groups (broad SMARTS) is 1. The van der Waals surface area contributed by atoms with E-state index in [9.17, 15) is 18.4 Å². The second-order valence-electron chi connectivity index (χ2n) is 4.39. The molecule has 9 heteroatoms. The number of benzene rings is 1. The zero-order valence-corrected chi connectivity index (χ0v) is 11.9. The fourth-order valence-corrected chi connectivity index (χ4v) is 2.33. The first-order valence-corrected chi connectivity index (χ1v) is 6.94. The Bertz CT molecular complexity index is 720. The highest BCUT2D eigenvalue weighted by Gasteiger charge is 2.17. The number of anilines is 1. The van der Waals surface area contributed by atoms with E-state index >= 15 is 0 Å². The van der Waals surface area contributed by atoms with E-state index in [-0.39, 0.29) is 17.2 Å². The Hall–Kier alpha value is -2.39. The van der Waals surface area contributed by atoms with Crippen LogP contribution >= 0.6 is 11.3 Å². The molecule has 1 atom stereocenters. The minimum atomic E-state index is -1.21. The van der Waals surface area contributed by atoms with Crippen LogP contribution in [0.2, 0.25) is 0 Å². The lowest BCUT2D eigenvalue weighted by Gasteiger charge is -2.11. The number of thiazole rings is 1. The van der Waals surface area contributed by atoms with Gasteiger partial charge in [0.05, 0.1) is 6.04 Å². The third-order valence-corrected chi connectivity index (χ3v) is 3.49. The van der Waals surface area contributed by atoms with Gasteiger partial charge < -0.3 is 16.2 Å². The number of rotatable bonds is 5. The Kier molecular flexibility index (Phi) is 4.78. The predicted molar refractivity (Wildman–Crippen MR) is 75.7 cm³/mol. The highest BCUT2D eigenvalue weighted by Crippen LogP contribution is 2.16. The predicted octanol–water partition coefficient (Wildman–Crippen LogP) is 1.63. The van der Waals surface area contributed by atoms with Crippen molar-refractivity contribution in [3.05, 3.63) is 46.5 Å². The number of carbonyl (C=O) groups excluding carboxylic acids is 1. The molecule has 1 aromatic heterocycles. The van der Waals surface area contributed by atoms with Gasteiger partial charge in [-0.05, 0) is 24.1 Å². The number of nitrogens with two attached hydrogens (primary N) is 1. The normalized spacial score (nSPS) is 12.0. The zero-order valence-electron chi connectivity index (χ0n) is 11.0. The largest absolute Gasteiger partial charge is 0.476 e. The molecule has 0 spiro atoms. The molecular formula is C13H11F2N3O3S. The van der Waals surface area contributed by atoms with E-state index in [2.05, 4.69) is 10.3 Å². The van der Waals surface area contributed by atoms with Gasteiger partial charge >= 0.3 is 5.97 Å². The zero-order chi connectivity index (χ0) is 16.3. The summed E-state index contributed by atoms with van der Waals surface area (Å²) in [7, 11) is 0. The lowest BCUT2D eigenvalue weighted by molar-refractivity contribution is -0.117. The van der Waals surface area contributed by atoms with Gasteiger partial charge in [0.15, 0.2) is 22.5 Å². The fourth-order valence-electron chi connectivity index (χ4n) is 1.64. The van der Waals surface area contributed by atoms with Gasteiger partial charge in [-0.25, -0.2) is 18.6 Å². The number of halogens is 2. The van der Waals surface area contributed by atoms with Gasteiger partial charge in [-0.15, -0.1) is 11.3 Å². The molecule has 1 heterocycles. The number of nitrogens with zero attached hydrogens (tertiary/aromatic N) is 1. The van der Waals surface area contributed by atoms with Crippen molar-refractivity contribution in [1.82, 2.24) is 4.98 Å². The summed E-state index contributed by atoms with van der Waals surface area (Å²) in [6, 6.07) is 2.24. The van der Waals surface area contributed by atoms with E-state index in [1.54, 1.807) is 0 Å². The Morgan fingerprint density at radius 1 is 1.36 bits per heavy atom. The molecule has 0 unspecified atom stereocenters. The van der Waals surface area contributed by atoms with Crippen LogP contribution in [0.4, 0.5) is 13.9 Å². The first-order chi connectivity index (χ1) is 10.4. The molecule has 0 aliphatic carbocycles. The molecule has 1 amide bonds. The first kappa shape index (κ1) is 16.0. The van der Waals surface area contributed by atoms with E-state index in [1.165, 1.54) is 11.4 Å². The Morgan fingerprint density at radius 2 is 2.09 bits per heavy atom. The lowest BCUT2D eigenvalue weighted by atomic mass is 10.1. The standard InChI is InChI=1S/C13H11F2N3O3S/c14-7-2-1-6(3-8(7)15)4-9(16)11(19)18-13-17-10(5-22-13)12(20)21/h1-3,5,9H,4,16H2,(H,20,21)(H,17,18,19)/t9-/m0/s1. The number of aromatic carboxylic acids is 1. The van der Waals surface area contributed by atoms with Crippen LogP contribution in [0.1, 0.15) is 16.1 Å². The molecule has 1 aromatic carbocycles. The van der Waals surface area contributed by atoms with Crippen molar-refractivity contribution < 1.29 is 23.5 Å². The van der Waals surface area contributed by atoms with Crippen LogP contribution in [0.3, 0.4) is 0 Å². The number of hydrogen-bond acceptors (Lipinski definition) is 5. The smallest absolute Gasteiger partial charge is 0.355 e. The van der Waals surface area contributed by atoms with Crippen molar-refractivity contribution in [1.29, 1.82) is 0 Å². The maximum atomic E-state index is 13.1. The molecule has 0 aliphatic rings. The summed E-state index contributed by atoms with van der Waals surface area (Å²) >= 11 is 0.945. The van der Waals surface area contributed by atoms with Crippen molar-refractivity contribution in [2.24, 2.45) is 5.73 Å². The molecule has 116 valence electrons. The van der Waals surface area contributed by atoms with Crippen LogP contribution in [0, 0.1) is 11.6 Å². The number of carbonyl (C=O) groups is 2. The van der Waals surface area contributed by atoms with Gasteiger partial charge in [-0.1, -0.05) is 6.07 Å². The third kappa shape index (κ3) is 3.83. The average Bonchev–Trinajstić information content (AvgIpc) is 2.91. The van der Waals surface area contributed by atoms with Gasteiger partial charge in [0.25, 0.3) is 0 Å². The maximum absolute atomic E-state index is 13.1. The Balaban J connectivity index is 1.99. The average molecular weight is 327 g/mol. The first-order valence-electron chi connectivity index (χ1n) is 6.06. The van der Waals surface area contributed by atoms with Crippen LogP contribution in [0.5, 0.6) is 0 Å².